The van der Waals surface area contributed by atoms with Crippen molar-refractivity contribution in [2.45, 2.75) is 19.9 Å². The van der Waals surface area contributed by atoms with Crippen LogP contribution in [0.15, 0.2) is 42.5 Å². The second-order valence-electron chi connectivity index (χ2n) is 5.51. The summed E-state index contributed by atoms with van der Waals surface area (Å²) in [6.45, 7) is 4.66. The molecule has 3 nitrogen and oxygen atoms in total. The van der Waals surface area contributed by atoms with Gasteiger partial charge in [-0.05, 0) is 25.0 Å². The third-order valence-electron chi connectivity index (χ3n) is 3.90. The number of methoxy groups -OCH3 is 1. The maximum Gasteiger partial charge on any atom is 0.167 e. The van der Waals surface area contributed by atoms with E-state index in [1.807, 2.05) is 12.1 Å². The van der Waals surface area contributed by atoms with Gasteiger partial charge in [-0.3, -0.25) is 4.90 Å². The summed E-state index contributed by atoms with van der Waals surface area (Å²) in [6.07, 6.45) is 1.04. The monoisotopic (exact) mass is 283 g/mol. The van der Waals surface area contributed by atoms with Gasteiger partial charge in [0, 0.05) is 18.7 Å². The average Bonchev–Trinajstić information content (AvgIpc) is 2.53. The van der Waals surface area contributed by atoms with Gasteiger partial charge in [-0.1, -0.05) is 42.0 Å². The fourth-order valence-corrected chi connectivity index (χ4v) is 2.64. The van der Waals surface area contributed by atoms with Crippen molar-refractivity contribution in [1.29, 1.82) is 0 Å². The van der Waals surface area contributed by atoms with Crippen LogP contribution in [0, 0.1) is 6.92 Å². The SMILES string of the molecule is COc1cccc2c1OCN(CCc1ccc(C)cc1)C2. The zero-order valence-electron chi connectivity index (χ0n) is 12.6. The van der Waals surface area contributed by atoms with E-state index in [4.69, 9.17) is 9.47 Å². The minimum atomic E-state index is 0.624. The molecule has 0 spiro atoms. The van der Waals surface area contributed by atoms with Gasteiger partial charge in [-0.2, -0.15) is 0 Å². The van der Waals surface area contributed by atoms with Crippen molar-refractivity contribution in [2.24, 2.45) is 0 Å². The highest BCUT2D eigenvalue weighted by Gasteiger charge is 2.20. The predicted molar refractivity (Wildman–Crippen MR) is 83.8 cm³/mol. The fourth-order valence-electron chi connectivity index (χ4n) is 2.64. The standard InChI is InChI=1S/C18H21NO2/c1-14-6-8-15(9-7-14)10-11-19-12-16-4-3-5-17(20-2)18(16)21-13-19/h3-9H,10-13H2,1-2H3. The largest absolute Gasteiger partial charge is 0.493 e. The lowest BCUT2D eigenvalue weighted by atomic mass is 10.1. The molecule has 0 aromatic heterocycles. The number of nitrogens with zero attached hydrogens (tertiary/aromatic N) is 1. The quantitative estimate of drug-likeness (QED) is 0.858. The molecule has 2 aromatic rings. The second kappa shape index (κ2) is 6.19. The lowest BCUT2D eigenvalue weighted by molar-refractivity contribution is 0.0930. The molecule has 1 aliphatic rings. The molecule has 0 saturated carbocycles. The van der Waals surface area contributed by atoms with E-state index < -0.39 is 0 Å². The Kier molecular flexibility index (Phi) is 4.11. The lowest BCUT2D eigenvalue weighted by Crippen LogP contribution is -2.33. The van der Waals surface area contributed by atoms with E-state index in [0.29, 0.717) is 6.73 Å². The molecule has 0 amide bonds. The molecule has 3 heteroatoms. The first-order valence-corrected chi connectivity index (χ1v) is 7.33. The van der Waals surface area contributed by atoms with Gasteiger partial charge in [0.1, 0.15) is 6.73 Å². The number of hydrogen-bond donors (Lipinski definition) is 0. The lowest BCUT2D eigenvalue weighted by Gasteiger charge is -2.29. The molecule has 3 rings (SSSR count). The molecule has 0 fully saturated rings. The topological polar surface area (TPSA) is 21.7 Å². The summed E-state index contributed by atoms with van der Waals surface area (Å²) in [5.41, 5.74) is 3.88. The molecule has 21 heavy (non-hydrogen) atoms. The van der Waals surface area contributed by atoms with Crippen LogP contribution >= 0.6 is 0 Å². The Morgan fingerprint density at radius 2 is 1.95 bits per heavy atom. The number of fused-ring (bicyclic) bond motifs is 1. The van der Waals surface area contributed by atoms with E-state index in [-0.39, 0.29) is 0 Å². The van der Waals surface area contributed by atoms with Crippen LogP contribution in [-0.4, -0.2) is 25.3 Å². The number of benzene rings is 2. The van der Waals surface area contributed by atoms with Crippen LogP contribution in [0.1, 0.15) is 16.7 Å². The number of rotatable bonds is 4. The van der Waals surface area contributed by atoms with E-state index in [0.717, 1.165) is 31.0 Å². The van der Waals surface area contributed by atoms with Crippen molar-refractivity contribution in [3.8, 4) is 11.5 Å². The molecule has 0 unspecified atom stereocenters. The van der Waals surface area contributed by atoms with Crippen LogP contribution in [0.5, 0.6) is 11.5 Å². The van der Waals surface area contributed by atoms with E-state index in [1.54, 1.807) is 7.11 Å². The van der Waals surface area contributed by atoms with Gasteiger partial charge in [0.25, 0.3) is 0 Å². The minimum Gasteiger partial charge on any atom is -0.493 e. The number of para-hydroxylation sites is 1. The number of ether oxygens (including phenoxy) is 2. The molecule has 1 aliphatic heterocycles. The van der Waals surface area contributed by atoms with E-state index >= 15 is 0 Å². The van der Waals surface area contributed by atoms with Crippen LogP contribution in [0.2, 0.25) is 0 Å². The summed E-state index contributed by atoms with van der Waals surface area (Å²) in [5, 5.41) is 0. The van der Waals surface area contributed by atoms with Crippen molar-refractivity contribution in [3.05, 3.63) is 59.2 Å². The summed E-state index contributed by atoms with van der Waals surface area (Å²) in [5.74, 6) is 1.72. The van der Waals surface area contributed by atoms with E-state index in [1.165, 1.54) is 16.7 Å². The Hall–Kier alpha value is -2.00. The van der Waals surface area contributed by atoms with Crippen molar-refractivity contribution >= 4 is 0 Å². The summed E-state index contributed by atoms with van der Waals surface area (Å²) in [7, 11) is 1.68. The minimum absolute atomic E-state index is 0.624. The first-order chi connectivity index (χ1) is 10.3. The molecule has 0 aliphatic carbocycles. The Morgan fingerprint density at radius 3 is 2.71 bits per heavy atom. The smallest absolute Gasteiger partial charge is 0.167 e. The average molecular weight is 283 g/mol. The molecular weight excluding hydrogens is 262 g/mol. The molecule has 0 bridgehead atoms. The van der Waals surface area contributed by atoms with Crippen LogP contribution < -0.4 is 9.47 Å². The molecular formula is C18H21NO2. The predicted octanol–water partition coefficient (Wildman–Crippen LogP) is 3.40. The van der Waals surface area contributed by atoms with Crippen molar-refractivity contribution in [2.75, 3.05) is 20.4 Å². The van der Waals surface area contributed by atoms with E-state index in [9.17, 15) is 0 Å². The molecule has 0 atom stereocenters. The van der Waals surface area contributed by atoms with Crippen molar-refractivity contribution in [1.82, 2.24) is 4.90 Å². The van der Waals surface area contributed by atoms with Gasteiger partial charge in [-0.25, -0.2) is 0 Å². The summed E-state index contributed by atoms with van der Waals surface area (Å²) in [4.78, 5) is 2.32. The first-order valence-electron chi connectivity index (χ1n) is 7.33. The Bertz CT molecular complexity index is 607. The Labute approximate surface area is 126 Å². The maximum absolute atomic E-state index is 5.87. The Morgan fingerprint density at radius 1 is 1.14 bits per heavy atom. The molecule has 2 aromatic carbocycles. The van der Waals surface area contributed by atoms with Crippen molar-refractivity contribution in [3.63, 3.8) is 0 Å². The molecule has 1 heterocycles. The highest BCUT2D eigenvalue weighted by Crippen LogP contribution is 2.34. The maximum atomic E-state index is 5.87. The zero-order valence-corrected chi connectivity index (χ0v) is 12.6. The third-order valence-corrected chi connectivity index (χ3v) is 3.90. The van der Waals surface area contributed by atoms with Crippen LogP contribution in [0.25, 0.3) is 0 Å². The van der Waals surface area contributed by atoms with Gasteiger partial charge < -0.3 is 9.47 Å². The van der Waals surface area contributed by atoms with E-state index in [2.05, 4.69) is 42.2 Å². The van der Waals surface area contributed by atoms with Gasteiger partial charge in [0.15, 0.2) is 11.5 Å². The van der Waals surface area contributed by atoms with Gasteiger partial charge in [-0.15, -0.1) is 0 Å². The zero-order chi connectivity index (χ0) is 14.7. The third kappa shape index (κ3) is 3.19. The molecule has 0 radical (unpaired) electrons. The number of hydrogen-bond acceptors (Lipinski definition) is 3. The van der Waals surface area contributed by atoms with Gasteiger partial charge in [0.05, 0.1) is 7.11 Å². The summed E-state index contributed by atoms with van der Waals surface area (Å²) >= 11 is 0. The molecule has 0 N–H and O–H groups in total. The summed E-state index contributed by atoms with van der Waals surface area (Å²) < 4.78 is 11.2. The van der Waals surface area contributed by atoms with Crippen LogP contribution in [0.3, 0.4) is 0 Å². The van der Waals surface area contributed by atoms with Gasteiger partial charge >= 0.3 is 0 Å². The molecule has 0 saturated heterocycles. The fraction of sp³-hybridized carbons (Fsp3) is 0.333. The number of aryl methyl sites for hydroxylation is 1. The van der Waals surface area contributed by atoms with Crippen molar-refractivity contribution < 1.29 is 9.47 Å². The summed E-state index contributed by atoms with van der Waals surface area (Å²) in [6, 6.07) is 14.8. The van der Waals surface area contributed by atoms with Gasteiger partial charge in [0.2, 0.25) is 0 Å². The highest BCUT2D eigenvalue weighted by atomic mass is 16.5. The van der Waals surface area contributed by atoms with Crippen LogP contribution in [-0.2, 0) is 13.0 Å². The Balaban J connectivity index is 1.63. The highest BCUT2D eigenvalue weighted by molar-refractivity contribution is 5.47. The van der Waals surface area contributed by atoms with Crippen LogP contribution in [0.4, 0.5) is 0 Å². The molecule has 110 valence electrons. The normalized spacial score (nSPS) is 14.4. The first kappa shape index (κ1) is 14.0. The second-order valence-corrected chi connectivity index (χ2v) is 5.51.